The van der Waals surface area contributed by atoms with Crippen molar-refractivity contribution in [2.75, 3.05) is 53.0 Å². The maximum atomic E-state index is 12.7. The summed E-state index contributed by atoms with van der Waals surface area (Å²) in [5.41, 5.74) is 0.254. The monoisotopic (exact) mass is 384 g/mol. The molecule has 0 aliphatic carbocycles. The molecule has 0 bridgehead atoms. The van der Waals surface area contributed by atoms with E-state index in [1.165, 1.54) is 18.2 Å². The van der Waals surface area contributed by atoms with Gasteiger partial charge >= 0.3 is 0 Å². The van der Waals surface area contributed by atoms with E-state index < -0.39 is 10.0 Å². The number of piperazine rings is 1. The summed E-state index contributed by atoms with van der Waals surface area (Å²) in [4.78, 5) is 23.6. The van der Waals surface area contributed by atoms with Crippen LogP contribution >= 0.6 is 0 Å². The zero-order chi connectivity index (χ0) is 19.0. The zero-order valence-electron chi connectivity index (χ0n) is 14.7. The van der Waals surface area contributed by atoms with Crippen LogP contribution in [-0.4, -0.2) is 77.5 Å². The van der Waals surface area contributed by atoms with E-state index in [0.29, 0.717) is 26.2 Å². The summed E-state index contributed by atoms with van der Waals surface area (Å²) in [6, 6.07) is 5.82. The predicted octanol–water partition coefficient (Wildman–Crippen LogP) is -1.23. The molecule has 1 aliphatic heterocycles. The van der Waals surface area contributed by atoms with Gasteiger partial charge in [0.05, 0.1) is 18.0 Å². The smallest absolute Gasteiger partial charge is 0.251 e. The zero-order valence-corrected chi connectivity index (χ0v) is 15.5. The first-order chi connectivity index (χ1) is 12.4. The highest BCUT2D eigenvalue weighted by atomic mass is 32.2. The molecule has 3 N–H and O–H groups in total. The summed E-state index contributed by atoms with van der Waals surface area (Å²) in [5.74, 6) is -0.693. The van der Waals surface area contributed by atoms with Crippen LogP contribution in [0.5, 0.6) is 0 Å². The number of hydrogen-bond acceptors (Lipinski definition) is 6. The second kappa shape index (κ2) is 9.62. The fourth-order valence-corrected chi connectivity index (χ4v) is 3.88. The molecular weight excluding hydrogens is 360 g/mol. The number of ether oxygens (including phenoxy) is 1. The minimum absolute atomic E-state index is 0.00179. The van der Waals surface area contributed by atoms with Gasteiger partial charge < -0.3 is 20.7 Å². The first-order valence-electron chi connectivity index (χ1n) is 8.30. The standard InChI is InChI=1S/C16H24N4O5S/c1-25-10-8-17-5-6-19-16(22)13-3-2-4-14(11-13)26(23,24)20-9-7-18-15(21)12-20/h2-4,11,17H,5-10,12H2,1H3,(H,18,21)(H,19,22). The van der Waals surface area contributed by atoms with Crippen molar-refractivity contribution in [1.82, 2.24) is 20.3 Å². The third-order valence-electron chi connectivity index (χ3n) is 3.81. The van der Waals surface area contributed by atoms with Gasteiger partial charge in [0.2, 0.25) is 15.9 Å². The van der Waals surface area contributed by atoms with Gasteiger partial charge in [-0.1, -0.05) is 6.07 Å². The molecule has 10 heteroatoms. The molecule has 0 unspecified atom stereocenters. The van der Waals surface area contributed by atoms with Crippen LogP contribution in [-0.2, 0) is 19.6 Å². The SMILES string of the molecule is COCCNCCNC(=O)c1cccc(S(=O)(=O)N2CCNC(=O)C2)c1. The van der Waals surface area contributed by atoms with Crippen molar-refractivity contribution in [3.8, 4) is 0 Å². The van der Waals surface area contributed by atoms with Gasteiger partial charge in [-0.25, -0.2) is 8.42 Å². The summed E-state index contributed by atoms with van der Waals surface area (Å²) >= 11 is 0. The number of benzene rings is 1. The van der Waals surface area contributed by atoms with E-state index in [9.17, 15) is 18.0 Å². The van der Waals surface area contributed by atoms with E-state index in [2.05, 4.69) is 16.0 Å². The van der Waals surface area contributed by atoms with Gasteiger partial charge in [-0.15, -0.1) is 0 Å². The summed E-state index contributed by atoms with van der Waals surface area (Å²) in [5, 5.41) is 8.41. The first kappa shape index (κ1) is 20.3. The van der Waals surface area contributed by atoms with Crippen molar-refractivity contribution in [2.45, 2.75) is 4.90 Å². The lowest BCUT2D eigenvalue weighted by molar-refractivity contribution is -0.122. The van der Waals surface area contributed by atoms with Crippen LogP contribution in [0.1, 0.15) is 10.4 Å². The lowest BCUT2D eigenvalue weighted by Crippen LogP contribution is -2.49. The molecule has 1 fully saturated rings. The van der Waals surface area contributed by atoms with Crippen molar-refractivity contribution in [1.29, 1.82) is 0 Å². The number of nitrogens with zero attached hydrogens (tertiary/aromatic N) is 1. The first-order valence-corrected chi connectivity index (χ1v) is 9.74. The quantitative estimate of drug-likeness (QED) is 0.459. The van der Waals surface area contributed by atoms with Crippen LogP contribution in [0.2, 0.25) is 0 Å². The number of hydrogen-bond donors (Lipinski definition) is 3. The van der Waals surface area contributed by atoms with E-state index >= 15 is 0 Å². The molecule has 0 aromatic heterocycles. The van der Waals surface area contributed by atoms with E-state index in [1.54, 1.807) is 13.2 Å². The van der Waals surface area contributed by atoms with Crippen LogP contribution in [0.3, 0.4) is 0 Å². The van der Waals surface area contributed by atoms with Gasteiger partial charge in [0.1, 0.15) is 0 Å². The molecule has 0 radical (unpaired) electrons. The van der Waals surface area contributed by atoms with E-state index in [4.69, 9.17) is 4.74 Å². The van der Waals surface area contributed by atoms with Gasteiger partial charge in [-0.05, 0) is 18.2 Å². The maximum Gasteiger partial charge on any atom is 0.251 e. The number of carbonyl (C=O) groups is 2. The van der Waals surface area contributed by atoms with Crippen molar-refractivity contribution in [3.63, 3.8) is 0 Å². The fraction of sp³-hybridized carbons (Fsp3) is 0.500. The van der Waals surface area contributed by atoms with Gasteiger partial charge in [0.25, 0.3) is 5.91 Å². The normalized spacial score (nSPS) is 15.5. The minimum atomic E-state index is -3.82. The Morgan fingerprint density at radius 3 is 2.85 bits per heavy atom. The van der Waals surface area contributed by atoms with E-state index in [1.807, 2.05) is 0 Å². The lowest BCUT2D eigenvalue weighted by Gasteiger charge is -2.26. The second-order valence-electron chi connectivity index (χ2n) is 5.72. The van der Waals surface area contributed by atoms with Gasteiger partial charge in [0.15, 0.2) is 0 Å². The van der Waals surface area contributed by atoms with E-state index in [0.717, 1.165) is 4.31 Å². The molecule has 144 valence electrons. The number of rotatable bonds is 9. The number of amides is 2. The number of methoxy groups -OCH3 is 1. The number of nitrogens with one attached hydrogen (secondary N) is 3. The topological polar surface area (TPSA) is 117 Å². The average Bonchev–Trinajstić information content (AvgIpc) is 2.64. The molecule has 0 spiro atoms. The Bertz CT molecular complexity index is 738. The van der Waals surface area contributed by atoms with Gasteiger partial charge in [-0.2, -0.15) is 4.31 Å². The van der Waals surface area contributed by atoms with Crippen molar-refractivity contribution in [2.24, 2.45) is 0 Å². The average molecular weight is 384 g/mol. The molecule has 1 saturated heterocycles. The van der Waals surface area contributed by atoms with Gasteiger partial charge in [0, 0.05) is 45.4 Å². The predicted molar refractivity (Wildman–Crippen MR) is 95.3 cm³/mol. The third-order valence-corrected chi connectivity index (χ3v) is 5.65. The summed E-state index contributed by atoms with van der Waals surface area (Å²) in [6.07, 6.45) is 0. The van der Waals surface area contributed by atoms with Gasteiger partial charge in [-0.3, -0.25) is 9.59 Å². The Labute approximate surface area is 153 Å². The van der Waals surface area contributed by atoms with Crippen LogP contribution in [0.4, 0.5) is 0 Å². The molecule has 2 amide bonds. The van der Waals surface area contributed by atoms with Crippen LogP contribution in [0.15, 0.2) is 29.2 Å². The fourth-order valence-electron chi connectivity index (χ4n) is 2.43. The van der Waals surface area contributed by atoms with Crippen molar-refractivity contribution < 1.29 is 22.7 Å². The van der Waals surface area contributed by atoms with Crippen molar-refractivity contribution in [3.05, 3.63) is 29.8 Å². The maximum absolute atomic E-state index is 12.7. The summed E-state index contributed by atoms with van der Waals surface area (Å²) in [6.45, 7) is 2.52. The molecule has 9 nitrogen and oxygen atoms in total. The highest BCUT2D eigenvalue weighted by molar-refractivity contribution is 7.89. The molecule has 0 atom stereocenters. The molecule has 1 aromatic carbocycles. The molecule has 1 aliphatic rings. The summed E-state index contributed by atoms with van der Waals surface area (Å²) in [7, 11) is -2.21. The molecule has 26 heavy (non-hydrogen) atoms. The third kappa shape index (κ3) is 5.49. The van der Waals surface area contributed by atoms with Crippen LogP contribution in [0, 0.1) is 0 Å². The number of sulfonamides is 1. The second-order valence-corrected chi connectivity index (χ2v) is 7.65. The highest BCUT2D eigenvalue weighted by Crippen LogP contribution is 2.17. The highest BCUT2D eigenvalue weighted by Gasteiger charge is 2.29. The minimum Gasteiger partial charge on any atom is -0.383 e. The van der Waals surface area contributed by atoms with Crippen LogP contribution < -0.4 is 16.0 Å². The van der Waals surface area contributed by atoms with Crippen LogP contribution in [0.25, 0.3) is 0 Å². The van der Waals surface area contributed by atoms with Crippen molar-refractivity contribution >= 4 is 21.8 Å². The Morgan fingerprint density at radius 2 is 2.12 bits per heavy atom. The summed E-state index contributed by atoms with van der Waals surface area (Å²) < 4.78 is 31.3. The Hall–Kier alpha value is -2.01. The largest absolute Gasteiger partial charge is 0.383 e. The lowest BCUT2D eigenvalue weighted by atomic mass is 10.2. The Balaban J connectivity index is 1.98. The number of carbonyl (C=O) groups excluding carboxylic acids is 2. The molecule has 0 saturated carbocycles. The molecule has 1 heterocycles. The van der Waals surface area contributed by atoms with E-state index in [-0.39, 0.29) is 41.9 Å². The Kier molecular flexibility index (Phi) is 7.51. The molecular formula is C16H24N4O5S. The molecule has 2 rings (SSSR count). The molecule has 1 aromatic rings. The Morgan fingerprint density at radius 1 is 1.31 bits per heavy atom.